The molecule has 3 nitrogen and oxygen atoms in total. The molecule has 0 saturated carbocycles. The van der Waals surface area contributed by atoms with Gasteiger partial charge in [-0.15, -0.1) is 0 Å². The zero-order valence-corrected chi connectivity index (χ0v) is 11.3. The van der Waals surface area contributed by atoms with Crippen molar-refractivity contribution >= 4 is 5.69 Å². The average molecular weight is 243 g/mol. The van der Waals surface area contributed by atoms with E-state index in [2.05, 4.69) is 52.8 Å². The van der Waals surface area contributed by atoms with Gasteiger partial charge >= 0.3 is 0 Å². The van der Waals surface area contributed by atoms with Gasteiger partial charge in [0.1, 0.15) is 0 Å². The summed E-state index contributed by atoms with van der Waals surface area (Å²) in [6.07, 6.45) is 2.22. The Kier molecular flexibility index (Phi) is 4.03. The largest absolute Gasteiger partial charge is 0.380 e. The molecule has 1 unspecified atom stereocenters. The lowest BCUT2D eigenvalue weighted by atomic mass is 10.1. The summed E-state index contributed by atoms with van der Waals surface area (Å²) in [4.78, 5) is 0. The Bertz CT molecular complexity index is 468. The first-order valence-electron chi connectivity index (χ1n) is 6.49. The number of hydrogen-bond acceptors (Lipinski definition) is 2. The average Bonchev–Trinajstić information content (AvgIpc) is 2.69. The van der Waals surface area contributed by atoms with Crippen LogP contribution in [0.4, 0.5) is 5.69 Å². The number of aryl methyl sites for hydroxylation is 3. The van der Waals surface area contributed by atoms with Gasteiger partial charge in [0.2, 0.25) is 0 Å². The van der Waals surface area contributed by atoms with Crippen LogP contribution < -0.4 is 5.32 Å². The number of anilines is 1. The van der Waals surface area contributed by atoms with Crippen molar-refractivity contribution in [3.8, 4) is 0 Å². The molecule has 3 heteroatoms. The summed E-state index contributed by atoms with van der Waals surface area (Å²) < 4.78 is 0. The van der Waals surface area contributed by atoms with E-state index in [-0.39, 0.29) is 0 Å². The van der Waals surface area contributed by atoms with E-state index in [1.807, 2.05) is 13.8 Å². The molecule has 0 radical (unpaired) electrons. The predicted octanol–water partition coefficient (Wildman–Crippen LogP) is 3.46. The predicted molar refractivity (Wildman–Crippen MR) is 75.9 cm³/mol. The van der Waals surface area contributed by atoms with Crippen molar-refractivity contribution in [3.05, 3.63) is 47.3 Å². The first kappa shape index (κ1) is 12.7. The van der Waals surface area contributed by atoms with Crippen LogP contribution in [0.2, 0.25) is 0 Å². The maximum atomic E-state index is 4.20. The Morgan fingerprint density at radius 3 is 2.56 bits per heavy atom. The highest BCUT2D eigenvalue weighted by Crippen LogP contribution is 2.18. The Morgan fingerprint density at radius 1 is 1.22 bits per heavy atom. The van der Waals surface area contributed by atoms with Gasteiger partial charge in [-0.3, -0.25) is 5.10 Å². The summed E-state index contributed by atoms with van der Waals surface area (Å²) in [7, 11) is 0. The molecule has 0 fully saturated rings. The molecule has 0 bridgehead atoms. The number of aromatic amines is 1. The first-order valence-corrected chi connectivity index (χ1v) is 6.49. The molecule has 1 aromatic carbocycles. The van der Waals surface area contributed by atoms with Gasteiger partial charge in [-0.05, 0) is 39.2 Å². The number of nitrogens with one attached hydrogen (secondary N) is 2. The van der Waals surface area contributed by atoms with Gasteiger partial charge in [-0.1, -0.05) is 30.3 Å². The molecular weight excluding hydrogens is 222 g/mol. The molecule has 1 heterocycles. The standard InChI is InChI=1S/C15H21N3/c1-11(9-10-14-7-5-4-6-8-14)16-15-12(2)17-18-13(15)3/h4-8,11,16H,9-10H2,1-3H3,(H,17,18). The minimum Gasteiger partial charge on any atom is -0.380 e. The topological polar surface area (TPSA) is 40.7 Å². The Balaban J connectivity index is 1.88. The van der Waals surface area contributed by atoms with Crippen LogP contribution in [0, 0.1) is 13.8 Å². The van der Waals surface area contributed by atoms with Crippen LogP contribution in [-0.2, 0) is 6.42 Å². The zero-order chi connectivity index (χ0) is 13.0. The van der Waals surface area contributed by atoms with Gasteiger partial charge < -0.3 is 5.32 Å². The van der Waals surface area contributed by atoms with Crippen molar-refractivity contribution in [1.82, 2.24) is 10.2 Å². The third kappa shape index (κ3) is 3.13. The van der Waals surface area contributed by atoms with Gasteiger partial charge in [0, 0.05) is 6.04 Å². The van der Waals surface area contributed by atoms with E-state index < -0.39 is 0 Å². The highest BCUT2D eigenvalue weighted by Gasteiger charge is 2.09. The minimum atomic E-state index is 0.445. The minimum absolute atomic E-state index is 0.445. The smallest absolute Gasteiger partial charge is 0.0825 e. The van der Waals surface area contributed by atoms with Crippen molar-refractivity contribution in [2.45, 2.75) is 39.7 Å². The summed E-state index contributed by atoms with van der Waals surface area (Å²) in [6.45, 7) is 6.29. The molecule has 0 saturated heterocycles. The summed E-state index contributed by atoms with van der Waals surface area (Å²) in [5.74, 6) is 0. The second-order valence-corrected chi connectivity index (χ2v) is 4.88. The third-order valence-corrected chi connectivity index (χ3v) is 3.23. The van der Waals surface area contributed by atoms with Gasteiger partial charge in [-0.25, -0.2) is 0 Å². The molecular formula is C15H21N3. The number of rotatable bonds is 5. The number of nitrogens with zero attached hydrogens (tertiary/aromatic N) is 1. The molecule has 2 N–H and O–H groups in total. The number of benzene rings is 1. The molecule has 2 rings (SSSR count). The number of aromatic nitrogens is 2. The van der Waals surface area contributed by atoms with Crippen molar-refractivity contribution in [2.24, 2.45) is 0 Å². The highest BCUT2D eigenvalue weighted by molar-refractivity contribution is 5.51. The number of hydrogen-bond donors (Lipinski definition) is 2. The molecule has 0 aliphatic heterocycles. The maximum absolute atomic E-state index is 4.20. The second-order valence-electron chi connectivity index (χ2n) is 4.88. The summed E-state index contributed by atoms with van der Waals surface area (Å²) in [6, 6.07) is 11.1. The molecule has 0 aliphatic carbocycles. The van der Waals surface area contributed by atoms with Gasteiger partial charge in [0.15, 0.2) is 0 Å². The maximum Gasteiger partial charge on any atom is 0.0825 e. The van der Waals surface area contributed by atoms with Crippen LogP contribution in [0.3, 0.4) is 0 Å². The second kappa shape index (κ2) is 5.71. The van der Waals surface area contributed by atoms with E-state index in [4.69, 9.17) is 0 Å². The van der Waals surface area contributed by atoms with E-state index in [0.717, 1.165) is 29.9 Å². The summed E-state index contributed by atoms with van der Waals surface area (Å²) >= 11 is 0. The monoisotopic (exact) mass is 243 g/mol. The Morgan fingerprint density at radius 2 is 1.94 bits per heavy atom. The van der Waals surface area contributed by atoms with E-state index >= 15 is 0 Å². The highest BCUT2D eigenvalue weighted by atomic mass is 15.2. The first-order chi connectivity index (χ1) is 8.66. The fourth-order valence-corrected chi connectivity index (χ4v) is 2.11. The van der Waals surface area contributed by atoms with Crippen LogP contribution in [0.15, 0.2) is 30.3 Å². The normalized spacial score (nSPS) is 12.4. The van der Waals surface area contributed by atoms with Crippen molar-refractivity contribution in [2.75, 3.05) is 5.32 Å². The molecule has 0 spiro atoms. The third-order valence-electron chi connectivity index (χ3n) is 3.23. The van der Waals surface area contributed by atoms with Gasteiger partial charge in [0.05, 0.1) is 17.1 Å². The van der Waals surface area contributed by atoms with Crippen LogP contribution in [0.1, 0.15) is 30.3 Å². The molecule has 1 aromatic heterocycles. The van der Waals surface area contributed by atoms with Crippen LogP contribution in [0.25, 0.3) is 0 Å². The molecule has 96 valence electrons. The Labute approximate surface area is 109 Å². The van der Waals surface area contributed by atoms with E-state index in [1.54, 1.807) is 0 Å². The molecule has 2 aromatic rings. The molecule has 18 heavy (non-hydrogen) atoms. The number of H-pyrrole nitrogens is 1. The molecule has 1 atom stereocenters. The zero-order valence-electron chi connectivity index (χ0n) is 11.3. The SMILES string of the molecule is Cc1n[nH]c(C)c1NC(C)CCc1ccccc1. The van der Waals surface area contributed by atoms with Gasteiger partial charge in [0.25, 0.3) is 0 Å². The van der Waals surface area contributed by atoms with E-state index in [9.17, 15) is 0 Å². The van der Waals surface area contributed by atoms with Crippen LogP contribution >= 0.6 is 0 Å². The van der Waals surface area contributed by atoms with E-state index in [1.165, 1.54) is 5.56 Å². The van der Waals surface area contributed by atoms with Crippen LogP contribution in [-0.4, -0.2) is 16.2 Å². The summed E-state index contributed by atoms with van der Waals surface area (Å²) in [5.41, 5.74) is 4.69. The molecule has 0 amide bonds. The fraction of sp³-hybridized carbons (Fsp3) is 0.400. The lowest BCUT2D eigenvalue weighted by Gasteiger charge is -2.15. The lowest BCUT2D eigenvalue weighted by molar-refractivity contribution is 0.705. The molecule has 0 aliphatic rings. The Hall–Kier alpha value is -1.77. The van der Waals surface area contributed by atoms with Crippen molar-refractivity contribution < 1.29 is 0 Å². The fourth-order valence-electron chi connectivity index (χ4n) is 2.11. The van der Waals surface area contributed by atoms with Crippen molar-refractivity contribution in [1.29, 1.82) is 0 Å². The van der Waals surface area contributed by atoms with Gasteiger partial charge in [-0.2, -0.15) is 5.10 Å². The summed E-state index contributed by atoms with van der Waals surface area (Å²) in [5, 5.41) is 10.7. The lowest BCUT2D eigenvalue weighted by Crippen LogP contribution is -2.16. The van der Waals surface area contributed by atoms with Crippen molar-refractivity contribution in [3.63, 3.8) is 0 Å². The quantitative estimate of drug-likeness (QED) is 0.844. The van der Waals surface area contributed by atoms with Crippen LogP contribution in [0.5, 0.6) is 0 Å². The van der Waals surface area contributed by atoms with E-state index in [0.29, 0.717) is 6.04 Å².